The Balaban J connectivity index is 2.16. The lowest BCUT2D eigenvalue weighted by molar-refractivity contribution is -0.273. The molecule has 0 saturated heterocycles. The highest BCUT2D eigenvalue weighted by Gasteiger charge is 2.58. The topological polar surface area (TPSA) is 75.6 Å². The molecule has 0 aliphatic carbocycles. The molecule has 2 aromatic heterocycles. The summed E-state index contributed by atoms with van der Waals surface area (Å²) in [5.41, 5.74) is -3.40. The fourth-order valence-electron chi connectivity index (χ4n) is 2.27. The summed E-state index contributed by atoms with van der Waals surface area (Å²) >= 11 is 0. The van der Waals surface area contributed by atoms with E-state index in [0.717, 1.165) is 6.07 Å². The monoisotopic (exact) mass is 345 g/mol. The van der Waals surface area contributed by atoms with Crippen LogP contribution in [-0.2, 0) is 10.4 Å². The molecule has 24 heavy (non-hydrogen) atoms. The molecule has 2 aromatic rings. The number of carbonyl (C=O) groups excluding carboxylic acids is 1. The van der Waals surface area contributed by atoms with Crippen molar-refractivity contribution in [3.05, 3.63) is 47.3 Å². The number of furan rings is 2. The van der Waals surface area contributed by atoms with Crippen LogP contribution in [0.1, 0.15) is 42.4 Å². The molecule has 0 aliphatic heterocycles. The summed E-state index contributed by atoms with van der Waals surface area (Å²) in [6.45, 7) is 4.72. The van der Waals surface area contributed by atoms with Crippen molar-refractivity contribution in [3.63, 3.8) is 0 Å². The summed E-state index contributed by atoms with van der Waals surface area (Å²) < 4.78 is 50.2. The molecule has 8 heteroatoms. The molecule has 0 bridgehead atoms. The van der Waals surface area contributed by atoms with Crippen molar-refractivity contribution in [3.8, 4) is 0 Å². The highest BCUT2D eigenvalue weighted by molar-refractivity contribution is 5.77. The molecule has 2 atom stereocenters. The summed E-state index contributed by atoms with van der Waals surface area (Å²) in [4.78, 5) is 12.0. The molecule has 1 amide bonds. The van der Waals surface area contributed by atoms with Crippen molar-refractivity contribution in [1.82, 2.24) is 5.32 Å². The summed E-state index contributed by atoms with van der Waals surface area (Å²) in [6, 6.07) is 4.96. The van der Waals surface area contributed by atoms with Crippen molar-refractivity contribution < 1.29 is 31.9 Å². The van der Waals surface area contributed by atoms with Crippen LogP contribution in [0.15, 0.2) is 33.1 Å². The largest absolute Gasteiger partial charge is 0.464 e. The molecule has 2 N–H and O–H groups in total. The van der Waals surface area contributed by atoms with Gasteiger partial charge in [0, 0.05) is 0 Å². The summed E-state index contributed by atoms with van der Waals surface area (Å²) in [6.07, 6.45) is -6.29. The number of amides is 1. The first kappa shape index (κ1) is 18.1. The van der Waals surface area contributed by atoms with Gasteiger partial charge in [0.15, 0.2) is 0 Å². The Bertz CT molecular complexity index is 719. The zero-order valence-electron chi connectivity index (χ0n) is 13.4. The number of nitrogens with one attached hydrogen (secondary N) is 1. The van der Waals surface area contributed by atoms with Gasteiger partial charge in [-0.1, -0.05) is 0 Å². The second kappa shape index (κ2) is 6.35. The lowest BCUT2D eigenvalue weighted by Crippen LogP contribution is -2.46. The van der Waals surface area contributed by atoms with Crippen LogP contribution in [0, 0.1) is 13.8 Å². The second-order valence-electron chi connectivity index (χ2n) is 5.68. The maximum atomic E-state index is 13.3. The fourth-order valence-corrected chi connectivity index (χ4v) is 2.27. The Labute approximate surface area is 136 Å². The summed E-state index contributed by atoms with van der Waals surface area (Å²) in [7, 11) is 0. The Morgan fingerprint density at radius 2 is 1.75 bits per heavy atom. The summed E-state index contributed by atoms with van der Waals surface area (Å²) in [5, 5.41) is 12.5. The Morgan fingerprint density at radius 1 is 1.17 bits per heavy atom. The van der Waals surface area contributed by atoms with E-state index in [1.165, 1.54) is 13.0 Å². The normalized spacial score (nSPS) is 15.8. The molecular formula is C16H18F3NO4. The van der Waals surface area contributed by atoms with Crippen molar-refractivity contribution in [2.45, 2.75) is 45.0 Å². The van der Waals surface area contributed by atoms with Gasteiger partial charge in [-0.15, -0.1) is 0 Å². The van der Waals surface area contributed by atoms with Gasteiger partial charge in [-0.3, -0.25) is 4.79 Å². The molecule has 0 aliphatic rings. The van der Waals surface area contributed by atoms with Crippen LogP contribution in [-0.4, -0.2) is 17.2 Å². The van der Waals surface area contributed by atoms with E-state index in [4.69, 9.17) is 8.83 Å². The predicted octanol–water partition coefficient (Wildman–Crippen LogP) is 3.51. The molecule has 0 saturated carbocycles. The van der Waals surface area contributed by atoms with E-state index in [1.54, 1.807) is 26.0 Å². The minimum atomic E-state index is -5.07. The van der Waals surface area contributed by atoms with Gasteiger partial charge in [0.05, 0.1) is 12.5 Å². The van der Waals surface area contributed by atoms with Crippen LogP contribution in [0.25, 0.3) is 0 Å². The number of hydrogen-bond acceptors (Lipinski definition) is 4. The number of hydrogen-bond donors (Lipinski definition) is 2. The number of rotatable bonds is 5. The van der Waals surface area contributed by atoms with Gasteiger partial charge in [0.25, 0.3) is 0 Å². The van der Waals surface area contributed by atoms with Gasteiger partial charge in [-0.2, -0.15) is 13.2 Å². The third kappa shape index (κ3) is 3.64. The standard InChI is InChI=1S/C16H18F3NO4/c1-9-4-6-12(23-9)11(3)20-14(21)8-15(22,16(17,18)19)13-7-5-10(2)24-13/h4-7,11,22H,8H2,1-3H3,(H,20,21). The van der Waals surface area contributed by atoms with Crippen molar-refractivity contribution in [2.24, 2.45) is 0 Å². The average Bonchev–Trinajstić information content (AvgIpc) is 3.06. The quantitative estimate of drug-likeness (QED) is 0.870. The molecule has 132 valence electrons. The molecular weight excluding hydrogens is 327 g/mol. The van der Waals surface area contributed by atoms with Gasteiger partial charge < -0.3 is 19.3 Å². The van der Waals surface area contributed by atoms with E-state index in [9.17, 15) is 23.1 Å². The van der Waals surface area contributed by atoms with E-state index in [1.807, 2.05) is 0 Å². The highest BCUT2D eigenvalue weighted by Crippen LogP contribution is 2.42. The van der Waals surface area contributed by atoms with Gasteiger partial charge >= 0.3 is 6.18 Å². The van der Waals surface area contributed by atoms with Crippen molar-refractivity contribution in [1.29, 1.82) is 0 Å². The predicted molar refractivity (Wildman–Crippen MR) is 78.0 cm³/mol. The third-order valence-corrected chi connectivity index (χ3v) is 3.60. The fraction of sp³-hybridized carbons (Fsp3) is 0.438. The van der Waals surface area contributed by atoms with E-state index < -0.39 is 35.9 Å². The van der Waals surface area contributed by atoms with Crippen LogP contribution in [0.2, 0.25) is 0 Å². The van der Waals surface area contributed by atoms with E-state index in [2.05, 4.69) is 5.32 Å². The van der Waals surface area contributed by atoms with Crippen LogP contribution in [0.3, 0.4) is 0 Å². The maximum absolute atomic E-state index is 13.3. The Morgan fingerprint density at radius 3 is 2.21 bits per heavy atom. The number of halogens is 3. The molecule has 2 heterocycles. The van der Waals surface area contributed by atoms with Crippen molar-refractivity contribution in [2.75, 3.05) is 0 Å². The first-order valence-corrected chi connectivity index (χ1v) is 7.24. The van der Waals surface area contributed by atoms with Gasteiger partial charge in [-0.05, 0) is 45.0 Å². The smallest absolute Gasteiger partial charge is 0.425 e. The molecule has 0 radical (unpaired) electrons. The zero-order valence-corrected chi connectivity index (χ0v) is 13.4. The minimum absolute atomic E-state index is 0.201. The first-order chi connectivity index (χ1) is 11.0. The van der Waals surface area contributed by atoms with Crippen molar-refractivity contribution >= 4 is 5.91 Å². The number of alkyl halides is 3. The summed E-state index contributed by atoms with van der Waals surface area (Å²) in [5.74, 6) is -0.476. The molecule has 0 aromatic carbocycles. The minimum Gasteiger partial charge on any atom is -0.464 e. The van der Waals surface area contributed by atoms with Gasteiger partial charge in [-0.25, -0.2) is 0 Å². The van der Waals surface area contributed by atoms with Gasteiger partial charge in [0.1, 0.15) is 23.0 Å². The van der Waals surface area contributed by atoms with Crippen LogP contribution >= 0.6 is 0 Å². The second-order valence-corrected chi connectivity index (χ2v) is 5.68. The number of aryl methyl sites for hydroxylation is 2. The maximum Gasteiger partial charge on any atom is 0.425 e. The Kier molecular flexibility index (Phi) is 4.80. The lowest BCUT2D eigenvalue weighted by Gasteiger charge is -2.28. The molecule has 2 rings (SSSR count). The van der Waals surface area contributed by atoms with Gasteiger partial charge in [0.2, 0.25) is 11.5 Å². The molecule has 0 spiro atoms. The molecule has 0 fully saturated rings. The van der Waals surface area contributed by atoms with E-state index in [0.29, 0.717) is 11.5 Å². The zero-order chi connectivity index (χ0) is 18.1. The van der Waals surface area contributed by atoms with Crippen LogP contribution in [0.4, 0.5) is 13.2 Å². The van der Waals surface area contributed by atoms with E-state index >= 15 is 0 Å². The lowest BCUT2D eigenvalue weighted by atomic mass is 9.95. The third-order valence-electron chi connectivity index (χ3n) is 3.60. The van der Waals surface area contributed by atoms with Crippen LogP contribution < -0.4 is 5.32 Å². The highest BCUT2D eigenvalue weighted by atomic mass is 19.4. The Hall–Kier alpha value is -2.22. The average molecular weight is 345 g/mol. The number of carbonyl (C=O) groups is 1. The van der Waals surface area contributed by atoms with E-state index in [-0.39, 0.29) is 5.76 Å². The molecule has 2 unspecified atom stereocenters. The first-order valence-electron chi connectivity index (χ1n) is 7.24. The number of aliphatic hydroxyl groups is 1. The van der Waals surface area contributed by atoms with Crippen LogP contribution in [0.5, 0.6) is 0 Å². The molecule has 5 nitrogen and oxygen atoms in total. The SMILES string of the molecule is Cc1ccc(C(C)NC(=O)CC(O)(c2ccc(C)o2)C(F)(F)F)o1.